The van der Waals surface area contributed by atoms with Crippen molar-refractivity contribution in [2.45, 2.75) is 44.7 Å². The molecule has 2 aromatic rings. The second-order valence-electron chi connectivity index (χ2n) is 8.09. The largest absolute Gasteiger partial charge is 0.465 e. The number of aryl methyl sites for hydroxylation is 1. The molecule has 1 saturated heterocycles. The lowest BCUT2D eigenvalue weighted by atomic mass is 9.92. The van der Waals surface area contributed by atoms with E-state index >= 15 is 0 Å². The number of hydrogen-bond donors (Lipinski definition) is 1. The average Bonchev–Trinajstić information content (AvgIpc) is 3.22. The summed E-state index contributed by atoms with van der Waals surface area (Å²) in [4.78, 5) is 29.3. The molecule has 160 valence electrons. The van der Waals surface area contributed by atoms with E-state index in [-0.39, 0.29) is 31.2 Å². The number of hydrogen-bond acceptors (Lipinski definition) is 4. The predicted molar refractivity (Wildman–Crippen MR) is 116 cm³/mol. The molecule has 2 atom stereocenters. The molecule has 2 aliphatic heterocycles. The zero-order valence-electron chi connectivity index (χ0n) is 17.3. The molecule has 0 saturated carbocycles. The highest BCUT2D eigenvalue weighted by Gasteiger charge is 2.33. The number of ether oxygens (including phenoxy) is 1. The average molecular weight is 429 g/mol. The summed E-state index contributed by atoms with van der Waals surface area (Å²) in [6.45, 7) is 3.52. The lowest BCUT2D eigenvalue weighted by Crippen LogP contribution is -2.46. The van der Waals surface area contributed by atoms with Crippen LogP contribution in [0.4, 0.5) is 4.79 Å². The topological polar surface area (TPSA) is 70.1 Å². The van der Waals surface area contributed by atoms with Gasteiger partial charge in [-0.3, -0.25) is 4.79 Å². The van der Waals surface area contributed by atoms with Crippen LogP contribution in [0.3, 0.4) is 0 Å². The minimum Gasteiger partial charge on any atom is -0.465 e. The van der Waals surface area contributed by atoms with E-state index < -0.39 is 6.09 Å². The molecule has 4 rings (SSSR count). The lowest BCUT2D eigenvalue weighted by molar-refractivity contribution is -0.138. The van der Waals surface area contributed by atoms with Gasteiger partial charge in [-0.25, -0.2) is 4.79 Å². The number of carboxylic acid groups (broad SMARTS) is 1. The number of rotatable bonds is 5. The Bertz CT molecular complexity index is 912. The molecule has 0 bridgehead atoms. The zero-order chi connectivity index (χ0) is 21.1. The third-order valence-electron chi connectivity index (χ3n) is 6.05. The number of carbonyl (C=O) groups excluding carboxylic acids is 1. The van der Waals surface area contributed by atoms with E-state index in [1.807, 2.05) is 11.0 Å². The van der Waals surface area contributed by atoms with Crippen molar-refractivity contribution in [3.63, 3.8) is 0 Å². The van der Waals surface area contributed by atoms with Crippen LogP contribution in [0.2, 0.25) is 0 Å². The van der Waals surface area contributed by atoms with Crippen LogP contribution in [0, 0.1) is 6.92 Å². The lowest BCUT2D eigenvalue weighted by Gasteiger charge is -2.37. The molecule has 1 N–H and O–H groups in total. The Kier molecular flexibility index (Phi) is 6.39. The van der Waals surface area contributed by atoms with Gasteiger partial charge in [-0.05, 0) is 55.2 Å². The molecule has 30 heavy (non-hydrogen) atoms. The fraction of sp³-hybridized carbons (Fsp3) is 0.478. The van der Waals surface area contributed by atoms with Crippen LogP contribution >= 0.6 is 11.3 Å². The highest BCUT2D eigenvalue weighted by atomic mass is 32.1. The molecule has 7 heteroatoms. The molecular formula is C23H28N2O4S. The van der Waals surface area contributed by atoms with Gasteiger partial charge >= 0.3 is 6.09 Å². The first-order chi connectivity index (χ1) is 14.5. The third kappa shape index (κ3) is 4.37. The first kappa shape index (κ1) is 20.9. The molecule has 1 aromatic heterocycles. The minimum absolute atomic E-state index is 0.0221. The molecule has 2 amide bonds. The maximum absolute atomic E-state index is 13.1. The summed E-state index contributed by atoms with van der Waals surface area (Å²) in [5.41, 5.74) is 3.49. The molecule has 2 aliphatic rings. The van der Waals surface area contributed by atoms with Crippen molar-refractivity contribution in [3.8, 4) is 0 Å². The molecule has 0 aliphatic carbocycles. The third-order valence-corrected chi connectivity index (χ3v) is 7.05. The standard InChI is InChI=1S/C23H28N2O4S/c1-16-5-4-6-17(13-16)22-19-9-12-30-20(19)8-11-25(22)21(26)15-29-14-18-7-2-3-10-24(18)23(27)28/h4-6,9,12-13,18,22H,2-3,7-8,10-11,14-15H2,1H3,(H,27,28). The van der Waals surface area contributed by atoms with Gasteiger partial charge in [0.15, 0.2) is 0 Å². The second kappa shape index (κ2) is 9.18. The molecular weight excluding hydrogens is 400 g/mol. The molecule has 3 heterocycles. The Morgan fingerprint density at radius 2 is 2.07 bits per heavy atom. The van der Waals surface area contributed by atoms with Gasteiger partial charge in [-0.1, -0.05) is 29.8 Å². The Hall–Kier alpha value is -2.38. The van der Waals surface area contributed by atoms with Gasteiger partial charge in [0.2, 0.25) is 5.91 Å². The summed E-state index contributed by atoms with van der Waals surface area (Å²) in [5, 5.41) is 11.5. The highest BCUT2D eigenvalue weighted by Crippen LogP contribution is 2.38. The number of fused-ring (bicyclic) bond motifs is 1. The van der Waals surface area contributed by atoms with Gasteiger partial charge in [-0.2, -0.15) is 0 Å². The van der Waals surface area contributed by atoms with Crippen molar-refractivity contribution < 1.29 is 19.4 Å². The van der Waals surface area contributed by atoms with E-state index in [9.17, 15) is 14.7 Å². The minimum atomic E-state index is -0.907. The number of carbonyl (C=O) groups is 2. The Morgan fingerprint density at radius 3 is 2.87 bits per heavy atom. The van der Waals surface area contributed by atoms with Crippen LogP contribution in [0.15, 0.2) is 35.7 Å². The summed E-state index contributed by atoms with van der Waals surface area (Å²) in [5.74, 6) is -0.0453. The molecule has 1 aromatic carbocycles. The van der Waals surface area contributed by atoms with E-state index in [1.54, 1.807) is 11.3 Å². The zero-order valence-corrected chi connectivity index (χ0v) is 18.1. The van der Waals surface area contributed by atoms with Gasteiger partial charge < -0.3 is 19.6 Å². The number of benzene rings is 1. The van der Waals surface area contributed by atoms with Crippen LogP contribution in [-0.2, 0) is 16.0 Å². The maximum Gasteiger partial charge on any atom is 0.407 e. The fourth-order valence-electron chi connectivity index (χ4n) is 4.58. The highest BCUT2D eigenvalue weighted by molar-refractivity contribution is 7.10. The van der Waals surface area contributed by atoms with Crippen LogP contribution in [0.25, 0.3) is 0 Å². The van der Waals surface area contributed by atoms with E-state index in [4.69, 9.17) is 4.74 Å². The number of amides is 2. The molecule has 0 spiro atoms. The Labute approximate surface area is 181 Å². The van der Waals surface area contributed by atoms with Crippen molar-refractivity contribution in [1.82, 2.24) is 9.80 Å². The van der Waals surface area contributed by atoms with Gasteiger partial charge in [0.05, 0.1) is 18.7 Å². The monoisotopic (exact) mass is 428 g/mol. The van der Waals surface area contributed by atoms with Crippen molar-refractivity contribution in [2.75, 3.05) is 26.3 Å². The van der Waals surface area contributed by atoms with Gasteiger partial charge in [-0.15, -0.1) is 11.3 Å². The first-order valence-corrected chi connectivity index (χ1v) is 11.4. The van der Waals surface area contributed by atoms with Gasteiger partial charge in [0, 0.05) is 18.0 Å². The van der Waals surface area contributed by atoms with E-state index in [2.05, 4.69) is 36.6 Å². The first-order valence-electron chi connectivity index (χ1n) is 10.5. The SMILES string of the molecule is Cc1cccc(C2c3ccsc3CCN2C(=O)COCC2CCCCN2C(=O)O)c1. The Morgan fingerprint density at radius 1 is 1.20 bits per heavy atom. The van der Waals surface area contributed by atoms with Gasteiger partial charge in [0.1, 0.15) is 6.61 Å². The molecule has 2 unspecified atom stereocenters. The van der Waals surface area contributed by atoms with E-state index in [0.29, 0.717) is 13.1 Å². The second-order valence-corrected chi connectivity index (χ2v) is 9.09. The fourth-order valence-corrected chi connectivity index (χ4v) is 5.48. The number of likely N-dealkylation sites (tertiary alicyclic amines) is 1. The summed E-state index contributed by atoms with van der Waals surface area (Å²) in [6, 6.07) is 10.2. The van der Waals surface area contributed by atoms with E-state index in [1.165, 1.54) is 20.9 Å². The normalized spacial score (nSPS) is 21.4. The van der Waals surface area contributed by atoms with Crippen molar-refractivity contribution >= 4 is 23.3 Å². The number of piperidine rings is 1. The van der Waals surface area contributed by atoms with Crippen molar-refractivity contribution in [2.24, 2.45) is 0 Å². The quantitative estimate of drug-likeness (QED) is 0.779. The number of thiophene rings is 1. The summed E-state index contributed by atoms with van der Waals surface area (Å²) in [7, 11) is 0. The summed E-state index contributed by atoms with van der Waals surface area (Å²) < 4.78 is 5.75. The summed E-state index contributed by atoms with van der Waals surface area (Å²) >= 11 is 1.75. The summed E-state index contributed by atoms with van der Waals surface area (Å²) in [6.07, 6.45) is 2.62. The number of nitrogens with zero attached hydrogens (tertiary/aromatic N) is 2. The van der Waals surface area contributed by atoms with Gasteiger partial charge in [0.25, 0.3) is 0 Å². The maximum atomic E-state index is 13.1. The van der Waals surface area contributed by atoms with Crippen LogP contribution < -0.4 is 0 Å². The molecule has 6 nitrogen and oxygen atoms in total. The van der Waals surface area contributed by atoms with Crippen LogP contribution in [-0.4, -0.2) is 59.3 Å². The Balaban J connectivity index is 1.45. The predicted octanol–water partition coefficient (Wildman–Crippen LogP) is 4.08. The van der Waals surface area contributed by atoms with Crippen LogP contribution in [0.1, 0.15) is 46.9 Å². The van der Waals surface area contributed by atoms with Crippen molar-refractivity contribution in [1.29, 1.82) is 0 Å². The molecule has 1 fully saturated rings. The van der Waals surface area contributed by atoms with E-state index in [0.717, 1.165) is 31.2 Å². The molecule has 0 radical (unpaired) electrons. The van der Waals surface area contributed by atoms with Crippen molar-refractivity contribution in [3.05, 3.63) is 57.3 Å². The van der Waals surface area contributed by atoms with Crippen LogP contribution in [0.5, 0.6) is 0 Å². The smallest absolute Gasteiger partial charge is 0.407 e.